The number of likely N-dealkylation sites (N-methyl/N-ethyl adjacent to an activating group) is 1. The van der Waals surface area contributed by atoms with Gasteiger partial charge in [0.15, 0.2) is 5.69 Å². The van der Waals surface area contributed by atoms with E-state index in [9.17, 15) is 0 Å². The van der Waals surface area contributed by atoms with Crippen LogP contribution < -0.4 is 4.90 Å². The summed E-state index contributed by atoms with van der Waals surface area (Å²) >= 11 is 0. The molecule has 0 saturated carbocycles. The highest BCUT2D eigenvalue weighted by Crippen LogP contribution is 2.18. The predicted molar refractivity (Wildman–Crippen MR) is 85.5 cm³/mol. The third-order valence-corrected chi connectivity index (χ3v) is 4.15. The minimum atomic E-state index is 0.371. The van der Waals surface area contributed by atoms with Crippen LogP contribution in [0.15, 0.2) is 42.7 Å². The molecule has 1 aliphatic rings. The molecule has 2 aromatic rings. The Labute approximate surface area is 130 Å². The van der Waals surface area contributed by atoms with Gasteiger partial charge in [0.1, 0.15) is 11.9 Å². The Morgan fingerprint density at radius 2 is 2.05 bits per heavy atom. The molecule has 5 heteroatoms. The van der Waals surface area contributed by atoms with Crippen molar-refractivity contribution in [2.75, 3.05) is 31.6 Å². The highest BCUT2D eigenvalue weighted by Gasteiger charge is 2.25. The first-order valence-corrected chi connectivity index (χ1v) is 7.47. The lowest BCUT2D eigenvalue weighted by Crippen LogP contribution is -2.52. The normalized spacial score (nSPS) is 18.9. The van der Waals surface area contributed by atoms with Crippen molar-refractivity contribution in [3.05, 3.63) is 54.0 Å². The Morgan fingerprint density at radius 1 is 1.23 bits per heavy atom. The first-order chi connectivity index (χ1) is 10.8. The third-order valence-electron chi connectivity index (χ3n) is 4.15. The predicted octanol–water partition coefficient (Wildman–Crippen LogP) is 1.71. The highest BCUT2D eigenvalue weighted by molar-refractivity contribution is 5.39. The molecule has 5 nitrogen and oxygen atoms in total. The second kappa shape index (κ2) is 6.54. The summed E-state index contributed by atoms with van der Waals surface area (Å²) in [5.41, 5.74) is 1.72. The van der Waals surface area contributed by atoms with Crippen molar-refractivity contribution in [1.29, 1.82) is 5.26 Å². The van der Waals surface area contributed by atoms with Gasteiger partial charge in [-0.15, -0.1) is 0 Å². The van der Waals surface area contributed by atoms with Gasteiger partial charge in [-0.1, -0.05) is 30.3 Å². The van der Waals surface area contributed by atoms with Crippen molar-refractivity contribution in [1.82, 2.24) is 14.9 Å². The van der Waals surface area contributed by atoms with Gasteiger partial charge >= 0.3 is 0 Å². The van der Waals surface area contributed by atoms with Gasteiger partial charge in [-0.3, -0.25) is 9.88 Å². The Hall–Kier alpha value is -2.45. The van der Waals surface area contributed by atoms with E-state index in [1.807, 2.05) is 6.07 Å². The molecule has 1 saturated heterocycles. The smallest absolute Gasteiger partial charge is 0.161 e. The first kappa shape index (κ1) is 14.5. The fourth-order valence-corrected chi connectivity index (χ4v) is 2.82. The fraction of sp³-hybridized carbons (Fsp3) is 0.353. The topological polar surface area (TPSA) is 56.0 Å². The summed E-state index contributed by atoms with van der Waals surface area (Å²) in [4.78, 5) is 13.1. The summed E-state index contributed by atoms with van der Waals surface area (Å²) in [6.45, 7) is 2.79. The summed E-state index contributed by atoms with van der Waals surface area (Å²) in [6, 6.07) is 13.0. The van der Waals surface area contributed by atoms with Crippen molar-refractivity contribution in [2.45, 2.75) is 12.5 Å². The van der Waals surface area contributed by atoms with E-state index in [0.717, 1.165) is 31.9 Å². The van der Waals surface area contributed by atoms with Crippen LogP contribution in [-0.4, -0.2) is 47.6 Å². The number of hydrogen-bond acceptors (Lipinski definition) is 5. The molecule has 0 amide bonds. The zero-order valence-corrected chi connectivity index (χ0v) is 12.7. The molecule has 1 fully saturated rings. The van der Waals surface area contributed by atoms with Gasteiger partial charge in [-0.25, -0.2) is 4.98 Å². The number of aromatic nitrogens is 2. The van der Waals surface area contributed by atoms with Crippen LogP contribution in [0.1, 0.15) is 11.3 Å². The molecule has 0 radical (unpaired) electrons. The van der Waals surface area contributed by atoms with Crippen LogP contribution in [0.2, 0.25) is 0 Å². The van der Waals surface area contributed by atoms with Crippen LogP contribution in [-0.2, 0) is 6.42 Å². The molecule has 0 aliphatic carbocycles. The summed E-state index contributed by atoms with van der Waals surface area (Å²) in [7, 11) is 2.17. The first-order valence-electron chi connectivity index (χ1n) is 7.47. The molecular weight excluding hydrogens is 274 g/mol. The zero-order chi connectivity index (χ0) is 15.4. The molecule has 1 aliphatic heterocycles. The molecule has 1 aromatic heterocycles. The monoisotopic (exact) mass is 293 g/mol. The molecule has 0 N–H and O–H groups in total. The van der Waals surface area contributed by atoms with Crippen LogP contribution >= 0.6 is 0 Å². The van der Waals surface area contributed by atoms with Gasteiger partial charge in [0.2, 0.25) is 0 Å². The van der Waals surface area contributed by atoms with Gasteiger partial charge in [-0.2, -0.15) is 5.26 Å². The summed E-state index contributed by atoms with van der Waals surface area (Å²) < 4.78 is 0. The van der Waals surface area contributed by atoms with Crippen LogP contribution in [0.5, 0.6) is 0 Å². The van der Waals surface area contributed by atoms with Gasteiger partial charge in [0.25, 0.3) is 0 Å². The summed E-state index contributed by atoms with van der Waals surface area (Å²) in [5, 5.41) is 8.97. The Morgan fingerprint density at radius 3 is 2.82 bits per heavy atom. The molecule has 2 heterocycles. The maximum Gasteiger partial charge on any atom is 0.161 e. The Balaban J connectivity index is 1.74. The molecule has 1 atom stereocenters. The van der Waals surface area contributed by atoms with E-state index < -0.39 is 0 Å². The quantitative estimate of drug-likeness (QED) is 0.862. The number of hydrogen-bond donors (Lipinski definition) is 0. The third kappa shape index (κ3) is 3.23. The van der Waals surface area contributed by atoms with E-state index in [1.54, 1.807) is 6.20 Å². The standard InChI is InChI=1S/C17H19N5/c1-21-7-8-22(17-12-19-11-15(10-18)20-17)13-16(21)9-14-5-3-2-4-6-14/h2-6,11-12,16H,7-9,13H2,1H3. The van der Waals surface area contributed by atoms with Crippen molar-refractivity contribution in [3.8, 4) is 6.07 Å². The van der Waals surface area contributed by atoms with E-state index in [2.05, 4.69) is 57.2 Å². The molecule has 1 aromatic carbocycles. The SMILES string of the molecule is CN1CCN(c2cncc(C#N)n2)CC1Cc1ccccc1. The van der Waals surface area contributed by atoms with Crippen LogP contribution in [0, 0.1) is 11.3 Å². The summed E-state index contributed by atoms with van der Waals surface area (Å²) in [6.07, 6.45) is 4.26. The van der Waals surface area contributed by atoms with Crippen LogP contribution in [0.3, 0.4) is 0 Å². The van der Waals surface area contributed by atoms with Crippen LogP contribution in [0.25, 0.3) is 0 Å². The van der Waals surface area contributed by atoms with Crippen molar-refractivity contribution >= 4 is 5.82 Å². The van der Waals surface area contributed by atoms with Crippen molar-refractivity contribution < 1.29 is 0 Å². The maximum absolute atomic E-state index is 8.97. The number of piperazine rings is 1. The van der Waals surface area contributed by atoms with Crippen molar-refractivity contribution in [3.63, 3.8) is 0 Å². The molecule has 22 heavy (non-hydrogen) atoms. The van der Waals surface area contributed by atoms with Gasteiger partial charge in [0, 0.05) is 25.7 Å². The van der Waals surface area contributed by atoms with Gasteiger partial charge < -0.3 is 4.90 Å². The molecule has 0 bridgehead atoms. The van der Waals surface area contributed by atoms with E-state index in [1.165, 1.54) is 11.8 Å². The lowest BCUT2D eigenvalue weighted by atomic mass is 10.0. The lowest BCUT2D eigenvalue weighted by molar-refractivity contribution is 0.216. The largest absolute Gasteiger partial charge is 0.352 e. The van der Waals surface area contributed by atoms with Gasteiger partial charge in [-0.05, 0) is 19.0 Å². The highest BCUT2D eigenvalue weighted by atomic mass is 15.3. The molecule has 0 spiro atoms. The number of nitriles is 1. The van der Waals surface area contributed by atoms with Crippen molar-refractivity contribution in [2.24, 2.45) is 0 Å². The molecule has 3 rings (SSSR count). The number of benzene rings is 1. The molecule has 1 unspecified atom stereocenters. The maximum atomic E-state index is 8.97. The molecule has 112 valence electrons. The van der Waals surface area contributed by atoms with E-state index in [-0.39, 0.29) is 0 Å². The van der Waals surface area contributed by atoms with E-state index in [4.69, 9.17) is 5.26 Å². The average molecular weight is 293 g/mol. The summed E-state index contributed by atoms with van der Waals surface area (Å²) in [5.74, 6) is 0.796. The number of anilines is 1. The number of nitrogens with zero attached hydrogens (tertiary/aromatic N) is 5. The fourth-order valence-electron chi connectivity index (χ4n) is 2.82. The second-order valence-corrected chi connectivity index (χ2v) is 5.64. The van der Waals surface area contributed by atoms with E-state index >= 15 is 0 Å². The van der Waals surface area contributed by atoms with Crippen LogP contribution in [0.4, 0.5) is 5.82 Å². The Kier molecular flexibility index (Phi) is 4.31. The minimum Gasteiger partial charge on any atom is -0.352 e. The number of rotatable bonds is 3. The lowest BCUT2D eigenvalue weighted by Gasteiger charge is -2.40. The van der Waals surface area contributed by atoms with Gasteiger partial charge in [0.05, 0.1) is 12.4 Å². The van der Waals surface area contributed by atoms with E-state index in [0.29, 0.717) is 11.7 Å². The Bertz CT molecular complexity index is 664. The second-order valence-electron chi connectivity index (χ2n) is 5.64. The molecular formula is C17H19N5. The zero-order valence-electron chi connectivity index (χ0n) is 12.7. The average Bonchev–Trinajstić information content (AvgIpc) is 2.58. The minimum absolute atomic E-state index is 0.371.